The Hall–Kier alpha value is -2.34. The smallest absolute Gasteiger partial charge is 0.148 e. The molecule has 0 radical (unpaired) electrons. The quantitative estimate of drug-likeness (QED) is 0.811. The number of benzene rings is 2. The van der Waals surface area contributed by atoms with Crippen molar-refractivity contribution in [3.63, 3.8) is 0 Å². The minimum absolute atomic E-state index is 0.00237. The number of phenolic OH excluding ortho intramolecular Hbond substituents is 1. The fourth-order valence-electron chi connectivity index (χ4n) is 1.62. The van der Waals surface area contributed by atoms with Crippen LogP contribution in [0.25, 0.3) is 11.1 Å². The molecule has 84 valence electrons. The van der Waals surface area contributed by atoms with Crippen molar-refractivity contribution in [1.82, 2.24) is 0 Å². The molecule has 2 aromatic carbocycles. The molecule has 0 bridgehead atoms. The molecule has 2 aromatic rings. The molecule has 1 N–H and O–H groups in total. The Bertz CT molecular complexity index is 614. The standard InChI is InChI=1S/C14H10FNO/c1-9-5-6-10(7-13(9)17)12-4-2-3-11(8-16)14(12)15/h2-7,17H,1H3. The van der Waals surface area contributed by atoms with E-state index in [0.29, 0.717) is 11.1 Å². The predicted molar refractivity (Wildman–Crippen MR) is 63.0 cm³/mol. The van der Waals surface area contributed by atoms with Crippen molar-refractivity contribution in [2.75, 3.05) is 0 Å². The van der Waals surface area contributed by atoms with Crippen molar-refractivity contribution in [1.29, 1.82) is 5.26 Å². The zero-order valence-corrected chi connectivity index (χ0v) is 9.24. The van der Waals surface area contributed by atoms with E-state index in [1.54, 1.807) is 37.3 Å². The van der Waals surface area contributed by atoms with Crippen LogP contribution >= 0.6 is 0 Å². The van der Waals surface area contributed by atoms with Gasteiger partial charge in [0.2, 0.25) is 0 Å². The van der Waals surface area contributed by atoms with Gasteiger partial charge in [0.15, 0.2) is 0 Å². The highest BCUT2D eigenvalue weighted by Gasteiger charge is 2.10. The van der Waals surface area contributed by atoms with E-state index in [1.165, 1.54) is 12.1 Å². The molecule has 0 amide bonds. The molecule has 0 heterocycles. The number of hydrogen-bond donors (Lipinski definition) is 1. The fourth-order valence-corrected chi connectivity index (χ4v) is 1.62. The molecule has 0 atom stereocenters. The van der Waals surface area contributed by atoms with Gasteiger partial charge in [-0.25, -0.2) is 4.39 Å². The number of phenols is 1. The number of aryl methyl sites for hydroxylation is 1. The second-order valence-corrected chi connectivity index (χ2v) is 3.78. The van der Waals surface area contributed by atoms with Crippen molar-refractivity contribution in [3.05, 3.63) is 53.3 Å². The van der Waals surface area contributed by atoms with Crippen molar-refractivity contribution < 1.29 is 9.50 Å². The summed E-state index contributed by atoms with van der Waals surface area (Å²) in [5, 5.41) is 18.3. The van der Waals surface area contributed by atoms with Gasteiger partial charge >= 0.3 is 0 Å². The molecule has 2 rings (SSSR count). The van der Waals surface area contributed by atoms with Gasteiger partial charge in [-0.1, -0.05) is 24.3 Å². The lowest BCUT2D eigenvalue weighted by Gasteiger charge is -2.06. The number of aromatic hydroxyl groups is 1. The molecule has 0 fully saturated rings. The summed E-state index contributed by atoms with van der Waals surface area (Å²) in [5.74, 6) is -0.442. The highest BCUT2D eigenvalue weighted by Crippen LogP contribution is 2.28. The average Bonchev–Trinajstić information content (AvgIpc) is 2.33. The van der Waals surface area contributed by atoms with Crippen LogP contribution in [-0.4, -0.2) is 5.11 Å². The summed E-state index contributed by atoms with van der Waals surface area (Å²) in [5.41, 5.74) is 1.61. The van der Waals surface area contributed by atoms with Crippen LogP contribution in [0.2, 0.25) is 0 Å². The van der Waals surface area contributed by atoms with Gasteiger partial charge in [0, 0.05) is 5.56 Å². The minimum Gasteiger partial charge on any atom is -0.508 e. The number of hydrogen-bond acceptors (Lipinski definition) is 2. The van der Waals surface area contributed by atoms with Crippen LogP contribution in [0.1, 0.15) is 11.1 Å². The molecule has 0 aliphatic carbocycles. The summed E-state index contributed by atoms with van der Waals surface area (Å²) in [6.45, 7) is 1.77. The Morgan fingerprint density at radius 2 is 2.00 bits per heavy atom. The van der Waals surface area contributed by atoms with Crippen LogP contribution < -0.4 is 0 Å². The maximum Gasteiger partial charge on any atom is 0.148 e. The molecule has 0 aliphatic rings. The first-order valence-electron chi connectivity index (χ1n) is 5.12. The highest BCUT2D eigenvalue weighted by atomic mass is 19.1. The minimum atomic E-state index is -0.557. The Morgan fingerprint density at radius 1 is 1.24 bits per heavy atom. The van der Waals surface area contributed by atoms with E-state index in [2.05, 4.69) is 0 Å². The first-order valence-corrected chi connectivity index (χ1v) is 5.12. The maximum atomic E-state index is 13.9. The van der Waals surface area contributed by atoms with Gasteiger partial charge in [0.05, 0.1) is 5.56 Å². The molecule has 2 nitrogen and oxygen atoms in total. The van der Waals surface area contributed by atoms with Gasteiger partial charge in [-0.3, -0.25) is 0 Å². The van der Waals surface area contributed by atoms with Gasteiger partial charge in [0.25, 0.3) is 0 Å². The first-order chi connectivity index (χ1) is 8.13. The van der Waals surface area contributed by atoms with Gasteiger partial charge in [0.1, 0.15) is 17.6 Å². The van der Waals surface area contributed by atoms with Crippen LogP contribution in [0, 0.1) is 24.1 Å². The van der Waals surface area contributed by atoms with Crippen LogP contribution in [0.15, 0.2) is 36.4 Å². The zero-order valence-electron chi connectivity index (χ0n) is 9.24. The Labute approximate surface area is 98.6 Å². The molecule has 0 saturated heterocycles. The van der Waals surface area contributed by atoms with Crippen molar-refractivity contribution in [3.8, 4) is 22.9 Å². The van der Waals surface area contributed by atoms with Gasteiger partial charge < -0.3 is 5.11 Å². The van der Waals surface area contributed by atoms with E-state index < -0.39 is 5.82 Å². The van der Waals surface area contributed by atoms with E-state index in [0.717, 1.165) is 5.56 Å². The normalized spacial score (nSPS) is 9.94. The number of rotatable bonds is 1. The largest absolute Gasteiger partial charge is 0.508 e. The molecule has 0 spiro atoms. The predicted octanol–water partition coefficient (Wildman–Crippen LogP) is 3.38. The van der Waals surface area contributed by atoms with Crippen molar-refractivity contribution in [2.24, 2.45) is 0 Å². The molecule has 0 saturated carbocycles. The lowest BCUT2D eigenvalue weighted by atomic mass is 10.0. The average molecular weight is 227 g/mol. The van der Waals surface area contributed by atoms with Crippen molar-refractivity contribution >= 4 is 0 Å². The number of nitrogens with zero attached hydrogens (tertiary/aromatic N) is 1. The SMILES string of the molecule is Cc1ccc(-c2cccc(C#N)c2F)cc1O. The van der Waals surface area contributed by atoms with Gasteiger partial charge in [-0.2, -0.15) is 5.26 Å². The monoisotopic (exact) mass is 227 g/mol. The second kappa shape index (κ2) is 4.26. The van der Waals surface area contributed by atoms with E-state index in [1.807, 2.05) is 0 Å². The van der Waals surface area contributed by atoms with Crippen LogP contribution in [0.4, 0.5) is 4.39 Å². The molecule has 0 aliphatic heterocycles. The molecule has 3 heteroatoms. The summed E-state index contributed by atoms with van der Waals surface area (Å²) in [6, 6.07) is 11.3. The maximum absolute atomic E-state index is 13.9. The van der Waals surface area contributed by atoms with Crippen LogP contribution in [0.3, 0.4) is 0 Å². The third-order valence-corrected chi connectivity index (χ3v) is 2.64. The summed E-state index contributed by atoms with van der Waals surface area (Å²) in [4.78, 5) is 0. The van der Waals surface area contributed by atoms with Gasteiger partial charge in [-0.05, 0) is 30.2 Å². The molecule has 0 unspecified atom stereocenters. The molecular formula is C14H10FNO. The highest BCUT2D eigenvalue weighted by molar-refractivity contribution is 5.68. The van der Waals surface area contributed by atoms with Crippen molar-refractivity contribution in [2.45, 2.75) is 6.92 Å². The summed E-state index contributed by atoms with van der Waals surface area (Å²) in [7, 11) is 0. The summed E-state index contributed by atoms with van der Waals surface area (Å²) < 4.78 is 13.9. The topological polar surface area (TPSA) is 44.0 Å². The zero-order chi connectivity index (χ0) is 12.4. The Balaban J connectivity index is 2.61. The van der Waals surface area contributed by atoms with Crippen LogP contribution in [0.5, 0.6) is 5.75 Å². The molecular weight excluding hydrogens is 217 g/mol. The Kier molecular flexibility index (Phi) is 2.80. The lowest BCUT2D eigenvalue weighted by molar-refractivity contribution is 0.471. The first kappa shape index (κ1) is 11.2. The third-order valence-electron chi connectivity index (χ3n) is 2.64. The lowest BCUT2D eigenvalue weighted by Crippen LogP contribution is -1.89. The molecule has 17 heavy (non-hydrogen) atoms. The van der Waals surface area contributed by atoms with Gasteiger partial charge in [-0.15, -0.1) is 0 Å². The molecule has 0 aromatic heterocycles. The third kappa shape index (κ3) is 1.98. The van der Waals surface area contributed by atoms with E-state index >= 15 is 0 Å². The summed E-state index contributed by atoms with van der Waals surface area (Å²) in [6.07, 6.45) is 0. The fraction of sp³-hybridized carbons (Fsp3) is 0.0714. The van der Waals surface area contributed by atoms with E-state index in [9.17, 15) is 9.50 Å². The van der Waals surface area contributed by atoms with E-state index in [4.69, 9.17) is 5.26 Å². The Morgan fingerprint density at radius 3 is 2.65 bits per heavy atom. The van der Waals surface area contributed by atoms with Crippen LogP contribution in [-0.2, 0) is 0 Å². The number of halogens is 1. The second-order valence-electron chi connectivity index (χ2n) is 3.78. The number of nitriles is 1. The summed E-state index contributed by atoms with van der Waals surface area (Å²) >= 11 is 0. The van der Waals surface area contributed by atoms with E-state index in [-0.39, 0.29) is 11.3 Å².